The first-order valence-electron chi connectivity index (χ1n) is 8.19. The summed E-state index contributed by atoms with van der Waals surface area (Å²) in [7, 11) is 0. The molecule has 4 rings (SSSR count). The molecule has 7 heteroatoms. The lowest BCUT2D eigenvalue weighted by atomic mass is 10.1. The highest BCUT2D eigenvalue weighted by atomic mass is 16.6. The molecule has 0 unspecified atom stereocenters. The average molecular weight is 344 g/mol. The molecule has 2 aliphatic rings. The van der Waals surface area contributed by atoms with Crippen molar-refractivity contribution >= 4 is 22.9 Å². The fraction of sp³-hybridized carbons (Fsp3) is 0.389. The molecule has 130 valence electrons. The van der Waals surface area contributed by atoms with Crippen molar-refractivity contribution in [3.8, 4) is 5.75 Å². The Morgan fingerprint density at radius 1 is 1.20 bits per heavy atom. The normalized spacial score (nSPS) is 18.9. The van der Waals surface area contributed by atoms with E-state index in [2.05, 4.69) is 0 Å². The molecular weight excluding hydrogens is 328 g/mol. The van der Waals surface area contributed by atoms with Crippen LogP contribution in [0.15, 0.2) is 27.4 Å². The average Bonchev–Trinajstić information content (AvgIpc) is 3.23. The first-order valence-corrected chi connectivity index (χ1v) is 8.19. The predicted molar refractivity (Wildman–Crippen MR) is 85.5 cm³/mol. The lowest BCUT2D eigenvalue weighted by Gasteiger charge is -2.10. The summed E-state index contributed by atoms with van der Waals surface area (Å²) < 4.78 is 20.5. The lowest BCUT2D eigenvalue weighted by molar-refractivity contribution is -0.161. The van der Waals surface area contributed by atoms with E-state index in [1.54, 1.807) is 12.1 Å². The van der Waals surface area contributed by atoms with E-state index in [0.717, 1.165) is 35.8 Å². The standard InChI is InChI=1S/C18H16O7/c19-16(24-14-6-7-22-18(14)21)9-23-10-4-5-12-11-2-1-3-13(11)17(20)25-15(12)8-10/h4-5,8,14H,1-3,6-7,9H2/t14-/m0/s1. The Labute approximate surface area is 142 Å². The van der Waals surface area contributed by atoms with E-state index in [4.69, 9.17) is 18.6 Å². The zero-order valence-electron chi connectivity index (χ0n) is 13.4. The molecule has 0 amide bonds. The molecule has 25 heavy (non-hydrogen) atoms. The smallest absolute Gasteiger partial charge is 0.347 e. The Morgan fingerprint density at radius 2 is 2.04 bits per heavy atom. The summed E-state index contributed by atoms with van der Waals surface area (Å²) in [5.41, 5.74) is 1.93. The Kier molecular flexibility index (Phi) is 3.91. The van der Waals surface area contributed by atoms with Crippen LogP contribution in [0.25, 0.3) is 11.0 Å². The van der Waals surface area contributed by atoms with Gasteiger partial charge in [-0.2, -0.15) is 0 Å². The Bertz CT molecular complexity index is 912. The Balaban J connectivity index is 1.47. The molecule has 2 heterocycles. The van der Waals surface area contributed by atoms with Crippen molar-refractivity contribution in [1.29, 1.82) is 0 Å². The summed E-state index contributed by atoms with van der Waals surface area (Å²) in [4.78, 5) is 35.0. The summed E-state index contributed by atoms with van der Waals surface area (Å²) in [5.74, 6) is -0.798. The van der Waals surface area contributed by atoms with Crippen molar-refractivity contribution in [2.45, 2.75) is 31.8 Å². The third kappa shape index (κ3) is 2.97. The van der Waals surface area contributed by atoms with Gasteiger partial charge in [0.15, 0.2) is 6.61 Å². The van der Waals surface area contributed by atoms with E-state index in [1.165, 1.54) is 0 Å². The third-order valence-electron chi connectivity index (χ3n) is 4.46. The molecule has 7 nitrogen and oxygen atoms in total. The maximum absolute atomic E-state index is 12.0. The molecule has 1 atom stereocenters. The van der Waals surface area contributed by atoms with Crippen LogP contribution in [0.3, 0.4) is 0 Å². The van der Waals surface area contributed by atoms with Crippen molar-refractivity contribution in [3.63, 3.8) is 0 Å². The number of carbonyl (C=O) groups excluding carboxylic acids is 2. The van der Waals surface area contributed by atoms with E-state index in [1.807, 2.05) is 6.07 Å². The summed E-state index contributed by atoms with van der Waals surface area (Å²) >= 11 is 0. The second-order valence-corrected chi connectivity index (χ2v) is 6.08. The number of cyclic esters (lactones) is 1. The molecule has 0 spiro atoms. The largest absolute Gasteiger partial charge is 0.482 e. The van der Waals surface area contributed by atoms with Gasteiger partial charge in [0.2, 0.25) is 6.10 Å². The fourth-order valence-corrected chi connectivity index (χ4v) is 3.27. The summed E-state index contributed by atoms with van der Waals surface area (Å²) in [6.45, 7) is -0.0872. The van der Waals surface area contributed by atoms with Gasteiger partial charge in [0.05, 0.1) is 6.61 Å². The van der Waals surface area contributed by atoms with Gasteiger partial charge >= 0.3 is 17.6 Å². The van der Waals surface area contributed by atoms with Gasteiger partial charge in [-0.3, -0.25) is 0 Å². The Hall–Kier alpha value is -2.83. The van der Waals surface area contributed by atoms with Gasteiger partial charge in [-0.25, -0.2) is 14.4 Å². The van der Waals surface area contributed by atoms with Gasteiger partial charge in [0, 0.05) is 23.4 Å². The molecule has 1 aliphatic heterocycles. The van der Waals surface area contributed by atoms with Crippen molar-refractivity contribution in [2.24, 2.45) is 0 Å². The minimum absolute atomic E-state index is 0.256. The summed E-state index contributed by atoms with van der Waals surface area (Å²) in [6.07, 6.45) is 2.07. The molecule has 1 aliphatic carbocycles. The highest BCUT2D eigenvalue weighted by Gasteiger charge is 2.30. The van der Waals surface area contributed by atoms with Crippen LogP contribution >= 0.6 is 0 Å². The molecule has 0 saturated carbocycles. The zero-order valence-corrected chi connectivity index (χ0v) is 13.4. The van der Waals surface area contributed by atoms with E-state index >= 15 is 0 Å². The number of rotatable bonds is 4. The first kappa shape index (κ1) is 15.7. The van der Waals surface area contributed by atoms with Crippen molar-refractivity contribution in [2.75, 3.05) is 13.2 Å². The molecule has 1 saturated heterocycles. The van der Waals surface area contributed by atoms with Crippen molar-refractivity contribution in [3.05, 3.63) is 39.7 Å². The van der Waals surface area contributed by atoms with Crippen LogP contribution in [0.1, 0.15) is 24.0 Å². The molecule has 1 aromatic carbocycles. The van der Waals surface area contributed by atoms with Gasteiger partial charge in [-0.05, 0) is 37.0 Å². The molecule has 2 aromatic rings. The molecule has 0 N–H and O–H groups in total. The maximum atomic E-state index is 12.0. The van der Waals surface area contributed by atoms with E-state index in [0.29, 0.717) is 17.8 Å². The molecule has 0 radical (unpaired) electrons. The lowest BCUT2D eigenvalue weighted by Crippen LogP contribution is -2.26. The fourth-order valence-electron chi connectivity index (χ4n) is 3.27. The molecule has 1 fully saturated rings. The minimum Gasteiger partial charge on any atom is -0.482 e. The number of benzene rings is 1. The number of hydrogen-bond donors (Lipinski definition) is 0. The van der Waals surface area contributed by atoms with Crippen LogP contribution in [0.4, 0.5) is 0 Å². The van der Waals surface area contributed by atoms with Crippen molar-refractivity contribution in [1.82, 2.24) is 0 Å². The number of aryl methyl sites for hydroxylation is 1. The van der Waals surface area contributed by atoms with Gasteiger partial charge in [-0.1, -0.05) is 0 Å². The van der Waals surface area contributed by atoms with E-state index in [-0.39, 0.29) is 18.8 Å². The molecule has 0 bridgehead atoms. The van der Waals surface area contributed by atoms with Crippen LogP contribution in [0.2, 0.25) is 0 Å². The van der Waals surface area contributed by atoms with E-state index in [9.17, 15) is 14.4 Å². The third-order valence-corrected chi connectivity index (χ3v) is 4.46. The van der Waals surface area contributed by atoms with Crippen LogP contribution in [-0.2, 0) is 31.9 Å². The Morgan fingerprint density at radius 3 is 2.84 bits per heavy atom. The van der Waals surface area contributed by atoms with Crippen LogP contribution < -0.4 is 10.4 Å². The van der Waals surface area contributed by atoms with Gasteiger partial charge < -0.3 is 18.6 Å². The van der Waals surface area contributed by atoms with Crippen LogP contribution in [0.5, 0.6) is 5.75 Å². The molecule has 1 aromatic heterocycles. The number of esters is 2. The second-order valence-electron chi connectivity index (χ2n) is 6.08. The number of carbonyl (C=O) groups is 2. The highest BCUT2D eigenvalue weighted by Crippen LogP contribution is 2.29. The SMILES string of the molecule is O=C(COc1ccc2c3c(c(=O)oc2c1)CCC3)O[C@H]1CCOC1=O. The van der Waals surface area contributed by atoms with Crippen LogP contribution in [0, 0.1) is 0 Å². The van der Waals surface area contributed by atoms with Gasteiger partial charge in [-0.15, -0.1) is 0 Å². The maximum Gasteiger partial charge on any atom is 0.347 e. The zero-order chi connectivity index (χ0) is 17.4. The quantitative estimate of drug-likeness (QED) is 0.613. The predicted octanol–water partition coefficient (Wildman–Crippen LogP) is 1.52. The number of ether oxygens (including phenoxy) is 3. The summed E-state index contributed by atoms with van der Waals surface area (Å²) in [6, 6.07) is 5.14. The number of fused-ring (bicyclic) bond motifs is 3. The molecular formula is C18H16O7. The monoisotopic (exact) mass is 344 g/mol. The summed E-state index contributed by atoms with van der Waals surface area (Å²) in [5, 5.41) is 0.899. The van der Waals surface area contributed by atoms with Gasteiger partial charge in [0.1, 0.15) is 11.3 Å². The highest BCUT2D eigenvalue weighted by molar-refractivity contribution is 5.83. The first-order chi connectivity index (χ1) is 12.1. The number of hydrogen-bond acceptors (Lipinski definition) is 7. The topological polar surface area (TPSA) is 92.0 Å². The van der Waals surface area contributed by atoms with E-state index < -0.39 is 18.0 Å². The second kappa shape index (κ2) is 6.23. The minimum atomic E-state index is -0.853. The van der Waals surface area contributed by atoms with Gasteiger partial charge in [0.25, 0.3) is 0 Å². The van der Waals surface area contributed by atoms with Crippen LogP contribution in [-0.4, -0.2) is 31.3 Å². The van der Waals surface area contributed by atoms with Crippen molar-refractivity contribution < 1.29 is 28.2 Å².